The number of halogens is 2. The van der Waals surface area contributed by atoms with Gasteiger partial charge in [-0.05, 0) is 75.1 Å². The predicted molar refractivity (Wildman–Crippen MR) is 179 cm³/mol. The van der Waals surface area contributed by atoms with Crippen LogP contribution in [0.3, 0.4) is 0 Å². The summed E-state index contributed by atoms with van der Waals surface area (Å²) in [6, 6.07) is 10.2. The van der Waals surface area contributed by atoms with E-state index in [-0.39, 0.29) is 46.5 Å². The second-order valence-corrected chi connectivity index (χ2v) is 13.7. The minimum absolute atomic E-state index is 0.135. The molecular weight excluding hydrogens is 623 g/mol. The van der Waals surface area contributed by atoms with E-state index in [0.717, 1.165) is 23.7 Å². The number of hydrogen-bond donors (Lipinski definition) is 1. The molecule has 252 valence electrons. The van der Waals surface area contributed by atoms with Crippen LogP contribution in [-0.2, 0) is 32.5 Å². The number of carbonyl (C=O) groups is 3. The van der Waals surface area contributed by atoms with E-state index in [9.17, 15) is 14.4 Å². The minimum Gasteiger partial charge on any atom is -0.466 e. The molecule has 1 aromatic heterocycles. The topological polar surface area (TPSA) is 93.1 Å². The predicted octanol–water partition coefficient (Wildman–Crippen LogP) is 6.17. The number of nitrogens with one attached hydrogen (secondary N) is 1. The van der Waals surface area contributed by atoms with Gasteiger partial charge >= 0.3 is 5.97 Å². The molecule has 1 saturated carbocycles. The Labute approximate surface area is 280 Å². The molecule has 0 spiro atoms. The highest BCUT2D eigenvalue weighted by Gasteiger charge is 2.55. The number of carbonyl (C=O) groups excluding carboxylic acids is 3. The van der Waals surface area contributed by atoms with Gasteiger partial charge in [0.2, 0.25) is 5.85 Å². The average Bonchev–Trinajstić information content (AvgIpc) is 3.70. The molecule has 3 heterocycles. The number of benzene rings is 2. The van der Waals surface area contributed by atoms with Crippen LogP contribution >= 0.6 is 11.6 Å². The number of nitrogens with zero attached hydrogens (tertiary/aromatic N) is 3. The van der Waals surface area contributed by atoms with E-state index in [1.165, 1.54) is 12.1 Å². The molecule has 0 bridgehead atoms. The van der Waals surface area contributed by atoms with Crippen LogP contribution in [0.5, 0.6) is 0 Å². The first-order valence-corrected chi connectivity index (χ1v) is 17.2. The number of Topliss-reactive ketones (excluding diaryl/α,β-unsaturated/α-hetero) is 1. The number of amides is 1. The molecule has 6 rings (SSSR count). The summed E-state index contributed by atoms with van der Waals surface area (Å²) >= 11 is 6.63. The van der Waals surface area contributed by atoms with E-state index in [2.05, 4.69) is 22.0 Å². The second-order valence-electron chi connectivity index (χ2n) is 13.3. The number of ether oxygens (including phenoxy) is 2. The minimum atomic E-state index is -1.33. The summed E-state index contributed by atoms with van der Waals surface area (Å²) in [4.78, 5) is 44.4. The van der Waals surface area contributed by atoms with Crippen molar-refractivity contribution in [1.82, 2.24) is 14.4 Å². The maximum absolute atomic E-state index is 15.8. The van der Waals surface area contributed by atoms with Gasteiger partial charge in [-0.25, -0.2) is 4.39 Å². The van der Waals surface area contributed by atoms with Crippen LogP contribution in [0, 0.1) is 17.7 Å². The van der Waals surface area contributed by atoms with Crippen LogP contribution in [0.15, 0.2) is 42.6 Å². The van der Waals surface area contributed by atoms with Crippen LogP contribution in [0.2, 0.25) is 5.02 Å². The number of aromatic nitrogens is 1. The fourth-order valence-corrected chi connectivity index (χ4v) is 7.70. The molecule has 3 aliphatic rings. The third-order valence-electron chi connectivity index (χ3n) is 9.89. The molecule has 1 N–H and O–H groups in total. The Bertz CT molecular complexity index is 1640. The largest absolute Gasteiger partial charge is 0.466 e. The highest BCUT2D eigenvalue weighted by Crippen LogP contribution is 2.39. The maximum atomic E-state index is 15.8. The zero-order valence-corrected chi connectivity index (χ0v) is 28.2. The zero-order valence-electron chi connectivity index (χ0n) is 27.4. The van der Waals surface area contributed by atoms with Crippen molar-refractivity contribution in [1.29, 1.82) is 0 Å². The monoisotopic (exact) mass is 666 g/mol. The number of ketones is 1. The Morgan fingerprint density at radius 3 is 2.43 bits per heavy atom. The first kappa shape index (κ1) is 33.6. The van der Waals surface area contributed by atoms with Crippen molar-refractivity contribution in [2.45, 2.75) is 70.7 Å². The molecule has 11 heteroatoms. The summed E-state index contributed by atoms with van der Waals surface area (Å²) in [6.07, 6.45) is 5.74. The fourth-order valence-electron chi connectivity index (χ4n) is 7.46. The van der Waals surface area contributed by atoms with Crippen LogP contribution in [0.25, 0.3) is 10.9 Å². The molecule has 2 saturated heterocycles. The Morgan fingerprint density at radius 1 is 1.04 bits per heavy atom. The number of hydrogen-bond acceptors (Lipinski definition) is 7. The maximum Gasteiger partial charge on any atom is 0.308 e. The summed E-state index contributed by atoms with van der Waals surface area (Å²) in [5, 5.41) is 3.68. The lowest BCUT2D eigenvalue weighted by Crippen LogP contribution is -2.72. The molecule has 1 aliphatic carbocycles. The molecule has 3 aromatic rings. The smallest absolute Gasteiger partial charge is 0.308 e. The molecule has 1 unspecified atom stereocenters. The van der Waals surface area contributed by atoms with Crippen molar-refractivity contribution in [3.8, 4) is 0 Å². The van der Waals surface area contributed by atoms with E-state index in [4.69, 9.17) is 21.1 Å². The molecule has 47 heavy (non-hydrogen) atoms. The highest BCUT2D eigenvalue weighted by molar-refractivity contribution is 6.34. The van der Waals surface area contributed by atoms with E-state index in [1.54, 1.807) is 6.20 Å². The average molecular weight is 667 g/mol. The van der Waals surface area contributed by atoms with Crippen molar-refractivity contribution in [2.24, 2.45) is 18.9 Å². The lowest BCUT2D eigenvalue weighted by molar-refractivity contribution is -0.275. The normalized spacial score (nSPS) is 22.1. The van der Waals surface area contributed by atoms with Gasteiger partial charge in [0, 0.05) is 56.7 Å². The van der Waals surface area contributed by atoms with Crippen LogP contribution in [0.1, 0.15) is 68.3 Å². The Morgan fingerprint density at radius 2 is 1.74 bits per heavy atom. The van der Waals surface area contributed by atoms with Crippen LogP contribution < -0.4 is 5.32 Å². The van der Waals surface area contributed by atoms with Gasteiger partial charge in [-0.2, -0.15) is 0 Å². The fraction of sp³-hybridized carbons (Fsp3) is 0.528. The van der Waals surface area contributed by atoms with Gasteiger partial charge in [0.1, 0.15) is 5.82 Å². The van der Waals surface area contributed by atoms with Crippen molar-refractivity contribution < 1.29 is 28.2 Å². The number of para-hydroxylation sites is 1. The number of rotatable bonds is 11. The van der Waals surface area contributed by atoms with Gasteiger partial charge in [0.05, 0.1) is 34.9 Å². The third-order valence-corrected chi connectivity index (χ3v) is 10.2. The molecular formula is C36H44ClFN4O5. The molecule has 0 radical (unpaired) electrons. The molecule has 2 aliphatic heterocycles. The lowest BCUT2D eigenvalue weighted by atomic mass is 9.87. The molecule has 1 atom stereocenters. The number of aryl methyl sites for hydroxylation is 1. The van der Waals surface area contributed by atoms with Gasteiger partial charge in [-0.3, -0.25) is 24.2 Å². The highest BCUT2D eigenvalue weighted by atomic mass is 35.5. The molecule has 9 nitrogen and oxygen atoms in total. The van der Waals surface area contributed by atoms with E-state index in [1.807, 2.05) is 42.8 Å². The quantitative estimate of drug-likeness (QED) is 0.245. The summed E-state index contributed by atoms with van der Waals surface area (Å²) in [7, 11) is 1.86. The Kier molecular flexibility index (Phi) is 10.0. The second kappa shape index (κ2) is 14.0. The zero-order chi connectivity index (χ0) is 33.3. The standard InChI is InChI=1S/C36H44ClFN4O5/c1-4-46-35(45)24-11-13-26(14-12-24)47-36(41-15-7-8-16-41,42-20-23(2)21-42)33(43)18-25-17-29(37)31(19-30(25)38)39-34(44)28-22-40(3)32-10-6-5-9-27(28)32/h5-6,9-10,17,19,22-24,26H,4,7-8,11-16,18,20-21H2,1-3H3,(H,39,44). The first-order chi connectivity index (χ1) is 22.6. The van der Waals surface area contributed by atoms with Crippen molar-refractivity contribution >= 4 is 45.9 Å². The van der Waals surface area contributed by atoms with E-state index >= 15 is 4.39 Å². The van der Waals surface area contributed by atoms with Crippen LogP contribution in [0.4, 0.5) is 10.1 Å². The van der Waals surface area contributed by atoms with Crippen molar-refractivity contribution in [3.63, 3.8) is 0 Å². The van der Waals surface area contributed by atoms with Gasteiger partial charge in [-0.15, -0.1) is 0 Å². The van der Waals surface area contributed by atoms with Crippen molar-refractivity contribution in [2.75, 3.05) is 38.1 Å². The number of esters is 1. The summed E-state index contributed by atoms with van der Waals surface area (Å²) in [6.45, 7) is 7.11. The molecule has 1 amide bonds. The van der Waals surface area contributed by atoms with E-state index < -0.39 is 17.6 Å². The third kappa shape index (κ3) is 6.70. The van der Waals surface area contributed by atoms with Gasteiger partial charge in [0.25, 0.3) is 5.91 Å². The van der Waals surface area contributed by atoms with Crippen molar-refractivity contribution in [3.05, 3.63) is 64.6 Å². The lowest BCUT2D eigenvalue weighted by Gasteiger charge is -2.55. The Balaban J connectivity index is 1.23. The van der Waals surface area contributed by atoms with Gasteiger partial charge in [-0.1, -0.05) is 36.7 Å². The number of likely N-dealkylation sites (tertiary alicyclic amines) is 2. The Hall–Kier alpha value is -3.31. The first-order valence-electron chi connectivity index (χ1n) is 16.8. The SMILES string of the molecule is CCOC(=O)C1CCC(OC(C(=O)Cc2cc(Cl)c(NC(=O)c3cn(C)c4ccccc34)cc2F)(N2CCCC2)N2CC(C)C2)CC1. The molecule has 3 fully saturated rings. The molecule has 2 aromatic carbocycles. The summed E-state index contributed by atoms with van der Waals surface area (Å²) < 4.78 is 29.8. The van der Waals surface area contributed by atoms with Crippen LogP contribution in [-0.4, -0.2) is 76.8 Å². The summed E-state index contributed by atoms with van der Waals surface area (Å²) in [5.74, 6) is -2.52. The summed E-state index contributed by atoms with van der Waals surface area (Å²) in [5.41, 5.74) is 1.63. The number of anilines is 1. The van der Waals surface area contributed by atoms with Gasteiger partial charge in [0.15, 0.2) is 5.78 Å². The van der Waals surface area contributed by atoms with Gasteiger partial charge < -0.3 is 19.4 Å². The number of fused-ring (bicyclic) bond motifs is 1. The van der Waals surface area contributed by atoms with E-state index in [0.29, 0.717) is 70.0 Å².